The molecule has 4 N–H and O–H groups in total. The van der Waals surface area contributed by atoms with Crippen LogP contribution in [0.2, 0.25) is 0 Å². The smallest absolute Gasteiger partial charge is 0.344 e. The van der Waals surface area contributed by atoms with Crippen molar-refractivity contribution >= 4 is 23.8 Å². The zero-order valence-electron chi connectivity index (χ0n) is 16.7. The third-order valence-electron chi connectivity index (χ3n) is 4.19. The maximum Gasteiger partial charge on any atom is 0.344 e. The van der Waals surface area contributed by atoms with E-state index in [0.717, 1.165) is 11.1 Å². The zero-order valence-corrected chi connectivity index (χ0v) is 16.7. The van der Waals surface area contributed by atoms with Crippen molar-refractivity contribution in [3.8, 4) is 0 Å². The lowest BCUT2D eigenvalue weighted by Crippen LogP contribution is -2.50. The number of hydrogen-bond acceptors (Lipinski definition) is 7. The molecule has 2 aromatic carbocycles. The van der Waals surface area contributed by atoms with Gasteiger partial charge in [-0.05, 0) is 11.1 Å². The molecule has 31 heavy (non-hydrogen) atoms. The minimum atomic E-state index is -1.33. The Balaban J connectivity index is 1.94. The SMILES string of the molecule is NC(CC(=O)O)C(=O)NC(Cc1ccccc1)C(=O)OCC(=O)OCc1ccccc1. The molecule has 1 amide bonds. The van der Waals surface area contributed by atoms with Crippen LogP contribution in [0.5, 0.6) is 0 Å². The van der Waals surface area contributed by atoms with E-state index in [2.05, 4.69) is 5.32 Å². The molecule has 0 aromatic heterocycles. The summed E-state index contributed by atoms with van der Waals surface area (Å²) < 4.78 is 10.1. The highest BCUT2D eigenvalue weighted by molar-refractivity contribution is 5.90. The normalized spacial score (nSPS) is 12.3. The first-order valence-corrected chi connectivity index (χ1v) is 9.53. The number of nitrogens with one attached hydrogen (secondary N) is 1. The molecule has 0 fully saturated rings. The van der Waals surface area contributed by atoms with Crippen molar-refractivity contribution in [3.05, 3.63) is 71.8 Å². The molecule has 2 aromatic rings. The first-order valence-electron chi connectivity index (χ1n) is 9.53. The molecule has 0 aliphatic heterocycles. The number of esters is 2. The number of aliphatic carboxylic acids is 1. The summed E-state index contributed by atoms with van der Waals surface area (Å²) in [5.41, 5.74) is 7.06. The van der Waals surface area contributed by atoms with Gasteiger partial charge in [0.1, 0.15) is 12.6 Å². The van der Waals surface area contributed by atoms with Gasteiger partial charge in [-0.2, -0.15) is 0 Å². The van der Waals surface area contributed by atoms with Crippen LogP contribution in [0, 0.1) is 0 Å². The molecule has 9 nitrogen and oxygen atoms in total. The number of rotatable bonds is 11. The van der Waals surface area contributed by atoms with E-state index in [9.17, 15) is 19.2 Å². The number of carbonyl (C=O) groups is 4. The summed E-state index contributed by atoms with van der Waals surface area (Å²) in [6.45, 7) is -0.598. The molecule has 2 unspecified atom stereocenters. The summed E-state index contributed by atoms with van der Waals surface area (Å²) in [5.74, 6) is -3.67. The predicted octanol–water partition coefficient (Wildman–Crippen LogP) is 0.803. The minimum Gasteiger partial charge on any atom is -0.481 e. The minimum absolute atomic E-state index is 0.0332. The largest absolute Gasteiger partial charge is 0.481 e. The van der Waals surface area contributed by atoms with E-state index >= 15 is 0 Å². The Hall–Kier alpha value is -3.72. The Kier molecular flexibility index (Phi) is 9.18. The van der Waals surface area contributed by atoms with Crippen molar-refractivity contribution in [2.24, 2.45) is 5.73 Å². The average Bonchev–Trinajstić information content (AvgIpc) is 2.76. The Morgan fingerprint density at radius 3 is 2.06 bits per heavy atom. The topological polar surface area (TPSA) is 145 Å². The molecule has 2 atom stereocenters. The first-order chi connectivity index (χ1) is 14.8. The van der Waals surface area contributed by atoms with Gasteiger partial charge in [0.15, 0.2) is 6.61 Å². The first kappa shape index (κ1) is 23.6. The van der Waals surface area contributed by atoms with Crippen molar-refractivity contribution in [1.29, 1.82) is 0 Å². The van der Waals surface area contributed by atoms with Crippen LogP contribution < -0.4 is 11.1 Å². The van der Waals surface area contributed by atoms with Crippen molar-refractivity contribution in [2.75, 3.05) is 6.61 Å². The lowest BCUT2D eigenvalue weighted by molar-refractivity contribution is -0.161. The second kappa shape index (κ2) is 12.1. The van der Waals surface area contributed by atoms with E-state index in [4.69, 9.17) is 20.3 Å². The summed E-state index contributed by atoms with van der Waals surface area (Å²) in [5, 5.41) is 11.2. The number of carboxylic acid groups (broad SMARTS) is 1. The monoisotopic (exact) mass is 428 g/mol. The molecule has 0 heterocycles. The van der Waals surface area contributed by atoms with Crippen molar-refractivity contribution < 1.29 is 33.8 Å². The molecule has 164 valence electrons. The van der Waals surface area contributed by atoms with Crippen LogP contribution in [0.1, 0.15) is 17.5 Å². The van der Waals surface area contributed by atoms with Gasteiger partial charge in [-0.25, -0.2) is 9.59 Å². The standard InChI is InChI=1S/C22H24N2O7/c23-17(12-19(25)26)21(28)24-18(11-15-7-3-1-4-8-15)22(29)31-14-20(27)30-13-16-9-5-2-6-10-16/h1-10,17-18H,11-14,23H2,(H,24,28)(H,25,26). The van der Waals surface area contributed by atoms with E-state index < -0.39 is 48.9 Å². The molecule has 0 bridgehead atoms. The molecule has 0 radical (unpaired) electrons. The van der Waals surface area contributed by atoms with Crippen LogP contribution >= 0.6 is 0 Å². The summed E-state index contributed by atoms with van der Waals surface area (Å²) in [6, 6.07) is 15.3. The highest BCUT2D eigenvalue weighted by Crippen LogP contribution is 2.06. The van der Waals surface area contributed by atoms with E-state index in [0.29, 0.717) is 0 Å². The summed E-state index contributed by atoms with van der Waals surface area (Å²) >= 11 is 0. The zero-order chi connectivity index (χ0) is 22.6. The molecule has 0 spiro atoms. The number of hydrogen-bond donors (Lipinski definition) is 3. The van der Waals surface area contributed by atoms with E-state index in [1.54, 1.807) is 54.6 Å². The number of amides is 1. The molecule has 0 saturated heterocycles. The van der Waals surface area contributed by atoms with Crippen LogP contribution in [0.4, 0.5) is 0 Å². The van der Waals surface area contributed by atoms with Gasteiger partial charge in [0, 0.05) is 6.42 Å². The number of nitrogens with two attached hydrogens (primary N) is 1. The van der Waals surface area contributed by atoms with Gasteiger partial charge >= 0.3 is 17.9 Å². The highest BCUT2D eigenvalue weighted by Gasteiger charge is 2.27. The fraction of sp³-hybridized carbons (Fsp3) is 0.273. The second-order valence-corrected chi connectivity index (χ2v) is 6.71. The molecule has 0 saturated carbocycles. The molecule has 0 aliphatic rings. The van der Waals surface area contributed by atoms with Gasteiger partial charge in [0.2, 0.25) is 5.91 Å². The molecule has 0 aliphatic carbocycles. The van der Waals surface area contributed by atoms with Crippen molar-refractivity contribution in [2.45, 2.75) is 31.5 Å². The number of carbonyl (C=O) groups excluding carboxylic acids is 3. The van der Waals surface area contributed by atoms with Gasteiger partial charge < -0.3 is 25.6 Å². The third kappa shape index (κ3) is 8.67. The number of ether oxygens (including phenoxy) is 2. The van der Waals surface area contributed by atoms with E-state index in [1.165, 1.54) is 0 Å². The van der Waals surface area contributed by atoms with Gasteiger partial charge in [0.05, 0.1) is 12.5 Å². The highest BCUT2D eigenvalue weighted by atomic mass is 16.6. The second-order valence-electron chi connectivity index (χ2n) is 6.71. The molecule has 2 rings (SSSR count). The summed E-state index contributed by atoms with van der Waals surface area (Å²) in [7, 11) is 0. The van der Waals surface area contributed by atoms with Crippen LogP contribution in [-0.2, 0) is 41.7 Å². The van der Waals surface area contributed by atoms with Gasteiger partial charge in [0.25, 0.3) is 0 Å². The number of benzene rings is 2. The fourth-order valence-electron chi connectivity index (χ4n) is 2.61. The van der Waals surface area contributed by atoms with Crippen molar-refractivity contribution in [1.82, 2.24) is 5.32 Å². The van der Waals surface area contributed by atoms with Crippen LogP contribution in [-0.4, -0.2) is 47.6 Å². The molecule has 9 heteroatoms. The molecular formula is C22H24N2O7. The predicted molar refractivity (Wildman–Crippen MR) is 110 cm³/mol. The Labute approximate surface area is 179 Å². The van der Waals surface area contributed by atoms with Gasteiger partial charge in [-0.1, -0.05) is 60.7 Å². The van der Waals surface area contributed by atoms with E-state index in [-0.39, 0.29) is 13.0 Å². The number of carboxylic acids is 1. The average molecular weight is 428 g/mol. The van der Waals surface area contributed by atoms with Gasteiger partial charge in [-0.3, -0.25) is 9.59 Å². The van der Waals surface area contributed by atoms with Crippen LogP contribution in [0.3, 0.4) is 0 Å². The fourth-order valence-corrected chi connectivity index (χ4v) is 2.61. The molecular weight excluding hydrogens is 404 g/mol. The quantitative estimate of drug-likeness (QED) is 0.446. The van der Waals surface area contributed by atoms with E-state index in [1.807, 2.05) is 6.07 Å². The van der Waals surface area contributed by atoms with Crippen LogP contribution in [0.25, 0.3) is 0 Å². The Morgan fingerprint density at radius 2 is 1.48 bits per heavy atom. The van der Waals surface area contributed by atoms with Gasteiger partial charge in [-0.15, -0.1) is 0 Å². The van der Waals surface area contributed by atoms with Crippen LogP contribution in [0.15, 0.2) is 60.7 Å². The lowest BCUT2D eigenvalue weighted by atomic mass is 10.1. The summed E-state index contributed by atoms with van der Waals surface area (Å²) in [4.78, 5) is 47.3. The summed E-state index contributed by atoms with van der Waals surface area (Å²) in [6.07, 6.45) is -0.519. The lowest BCUT2D eigenvalue weighted by Gasteiger charge is -2.19. The maximum absolute atomic E-state index is 12.5. The maximum atomic E-state index is 12.5. The Morgan fingerprint density at radius 1 is 0.903 bits per heavy atom. The third-order valence-corrected chi connectivity index (χ3v) is 4.19. The Bertz CT molecular complexity index is 887. The van der Waals surface area contributed by atoms with Crippen molar-refractivity contribution in [3.63, 3.8) is 0 Å².